The van der Waals surface area contributed by atoms with Gasteiger partial charge in [-0.3, -0.25) is 9.59 Å². The minimum Gasteiger partial charge on any atom is -0.324 e. The molecule has 0 bridgehead atoms. The zero-order chi connectivity index (χ0) is 16.2. The van der Waals surface area contributed by atoms with Crippen LogP contribution >= 0.6 is 23.4 Å². The van der Waals surface area contributed by atoms with Gasteiger partial charge in [-0.2, -0.15) is 0 Å². The van der Waals surface area contributed by atoms with Crippen LogP contribution in [0.25, 0.3) is 0 Å². The number of amides is 1. The first kappa shape index (κ1) is 16.1. The molecule has 2 aromatic rings. The van der Waals surface area contributed by atoms with Crippen molar-refractivity contribution in [3.8, 4) is 0 Å². The van der Waals surface area contributed by atoms with E-state index in [-0.39, 0.29) is 16.7 Å². The van der Waals surface area contributed by atoms with Gasteiger partial charge in [0.2, 0.25) is 5.91 Å². The molecule has 1 aliphatic rings. The molecule has 1 saturated heterocycles. The van der Waals surface area contributed by atoms with Gasteiger partial charge in [0.1, 0.15) is 0 Å². The van der Waals surface area contributed by atoms with Crippen LogP contribution in [0.15, 0.2) is 47.4 Å². The molecule has 0 aliphatic carbocycles. The molecule has 0 spiro atoms. The van der Waals surface area contributed by atoms with E-state index in [2.05, 4.69) is 5.32 Å². The Morgan fingerprint density at radius 3 is 2.87 bits per heavy atom. The van der Waals surface area contributed by atoms with E-state index in [0.29, 0.717) is 17.3 Å². The second-order valence-corrected chi connectivity index (χ2v) is 7.18. The molecule has 1 atom stereocenters. The molecule has 1 aromatic carbocycles. The molecule has 1 aliphatic heterocycles. The van der Waals surface area contributed by atoms with Crippen molar-refractivity contribution in [1.82, 2.24) is 4.57 Å². The highest BCUT2D eigenvalue weighted by Gasteiger charge is 2.23. The normalized spacial score (nSPS) is 17.2. The number of thioether (sulfide) groups is 1. The Hall–Kier alpha value is -1.72. The highest BCUT2D eigenvalue weighted by Crippen LogP contribution is 2.27. The molecule has 6 heteroatoms. The average molecular weight is 349 g/mol. The van der Waals surface area contributed by atoms with Gasteiger partial charge < -0.3 is 9.88 Å². The topological polar surface area (TPSA) is 51.1 Å². The summed E-state index contributed by atoms with van der Waals surface area (Å²) in [7, 11) is 0. The van der Waals surface area contributed by atoms with Gasteiger partial charge in [0.05, 0.1) is 17.5 Å². The molecule has 120 valence electrons. The van der Waals surface area contributed by atoms with Crippen LogP contribution < -0.4 is 10.9 Å². The fourth-order valence-electron chi connectivity index (χ4n) is 2.55. The summed E-state index contributed by atoms with van der Waals surface area (Å²) in [4.78, 5) is 24.2. The van der Waals surface area contributed by atoms with E-state index >= 15 is 0 Å². The summed E-state index contributed by atoms with van der Waals surface area (Å²) in [6.07, 6.45) is 3.66. The molecule has 4 nitrogen and oxygen atoms in total. The SMILES string of the molecule is O=C(Nc1ccc(=O)n(Cc2ccccc2Cl)c1)[C@H]1CCCS1. The van der Waals surface area contributed by atoms with Crippen LogP contribution in [0, 0.1) is 0 Å². The molecule has 1 amide bonds. The van der Waals surface area contributed by atoms with Gasteiger partial charge in [0.15, 0.2) is 0 Å². The number of nitrogens with zero attached hydrogens (tertiary/aromatic N) is 1. The van der Waals surface area contributed by atoms with Crippen LogP contribution in [0.4, 0.5) is 5.69 Å². The molecule has 0 radical (unpaired) electrons. The fourth-order valence-corrected chi connectivity index (χ4v) is 3.90. The van der Waals surface area contributed by atoms with E-state index in [0.717, 1.165) is 24.2 Å². The lowest BCUT2D eigenvalue weighted by Crippen LogP contribution is -2.25. The monoisotopic (exact) mass is 348 g/mol. The van der Waals surface area contributed by atoms with Crippen molar-refractivity contribution in [3.63, 3.8) is 0 Å². The Morgan fingerprint density at radius 2 is 2.13 bits per heavy atom. The molecular weight excluding hydrogens is 332 g/mol. The fraction of sp³-hybridized carbons (Fsp3) is 0.294. The minimum absolute atomic E-state index is 0.00967. The van der Waals surface area contributed by atoms with Crippen molar-refractivity contribution in [1.29, 1.82) is 0 Å². The third kappa shape index (κ3) is 3.98. The van der Waals surface area contributed by atoms with Crippen LogP contribution in [0.5, 0.6) is 0 Å². The van der Waals surface area contributed by atoms with Crippen LogP contribution in [0.1, 0.15) is 18.4 Å². The van der Waals surface area contributed by atoms with Gasteiger partial charge in [0, 0.05) is 17.3 Å². The van der Waals surface area contributed by atoms with Crippen LogP contribution in [-0.2, 0) is 11.3 Å². The highest BCUT2D eigenvalue weighted by atomic mass is 35.5. The largest absolute Gasteiger partial charge is 0.324 e. The lowest BCUT2D eigenvalue weighted by atomic mass is 10.2. The van der Waals surface area contributed by atoms with Gasteiger partial charge >= 0.3 is 0 Å². The number of pyridine rings is 1. The van der Waals surface area contributed by atoms with E-state index in [1.165, 1.54) is 6.07 Å². The van der Waals surface area contributed by atoms with Crippen molar-refractivity contribution in [2.45, 2.75) is 24.6 Å². The Kier molecular flexibility index (Phi) is 5.08. The van der Waals surface area contributed by atoms with Crippen molar-refractivity contribution >= 4 is 35.0 Å². The first-order valence-corrected chi connectivity index (χ1v) is 8.92. The second kappa shape index (κ2) is 7.23. The number of rotatable bonds is 4. The molecule has 3 rings (SSSR count). The Bertz CT molecular complexity index is 769. The molecular formula is C17H17ClN2O2S. The standard InChI is InChI=1S/C17H17ClN2O2S/c18-14-5-2-1-4-12(14)10-20-11-13(7-8-16(20)21)19-17(22)15-6-3-9-23-15/h1-2,4-5,7-8,11,15H,3,6,9-10H2,(H,19,22)/t15-/m1/s1. The Morgan fingerprint density at radius 1 is 1.30 bits per heavy atom. The number of aromatic nitrogens is 1. The smallest absolute Gasteiger partial charge is 0.250 e. The van der Waals surface area contributed by atoms with Crippen LogP contribution in [-0.4, -0.2) is 21.5 Å². The summed E-state index contributed by atoms with van der Waals surface area (Å²) in [5, 5.41) is 3.53. The second-order valence-electron chi connectivity index (χ2n) is 5.47. The predicted molar refractivity (Wildman–Crippen MR) is 95.4 cm³/mol. The summed E-state index contributed by atoms with van der Waals surface area (Å²) in [6.45, 7) is 0.375. The first-order valence-electron chi connectivity index (χ1n) is 7.50. The molecule has 0 unspecified atom stereocenters. The van der Waals surface area contributed by atoms with Gasteiger partial charge in [-0.1, -0.05) is 29.8 Å². The Labute approximate surface area is 143 Å². The highest BCUT2D eigenvalue weighted by molar-refractivity contribution is 8.00. The lowest BCUT2D eigenvalue weighted by molar-refractivity contribution is -0.115. The number of hydrogen-bond donors (Lipinski definition) is 1. The van der Waals surface area contributed by atoms with Gasteiger partial charge in [-0.05, 0) is 36.3 Å². The zero-order valence-electron chi connectivity index (χ0n) is 12.5. The molecule has 1 N–H and O–H groups in total. The van der Waals surface area contributed by atoms with E-state index in [1.807, 2.05) is 18.2 Å². The molecule has 23 heavy (non-hydrogen) atoms. The maximum Gasteiger partial charge on any atom is 0.250 e. The maximum absolute atomic E-state index is 12.2. The number of benzene rings is 1. The van der Waals surface area contributed by atoms with Gasteiger partial charge in [-0.15, -0.1) is 11.8 Å². The number of halogens is 1. The summed E-state index contributed by atoms with van der Waals surface area (Å²) < 4.78 is 1.55. The first-order chi connectivity index (χ1) is 11.1. The number of hydrogen-bond acceptors (Lipinski definition) is 3. The average Bonchev–Trinajstić information content (AvgIpc) is 3.07. The quantitative estimate of drug-likeness (QED) is 0.921. The van der Waals surface area contributed by atoms with Crippen molar-refractivity contribution < 1.29 is 4.79 Å². The number of carbonyl (C=O) groups is 1. The molecule has 1 aromatic heterocycles. The van der Waals surface area contributed by atoms with Gasteiger partial charge in [-0.25, -0.2) is 0 Å². The third-order valence-corrected chi connectivity index (χ3v) is 5.52. The summed E-state index contributed by atoms with van der Waals surface area (Å²) in [5.74, 6) is 1.04. The number of carbonyl (C=O) groups excluding carboxylic acids is 1. The number of nitrogens with one attached hydrogen (secondary N) is 1. The van der Waals surface area contributed by atoms with Crippen molar-refractivity contribution in [2.24, 2.45) is 0 Å². The van der Waals surface area contributed by atoms with Gasteiger partial charge in [0.25, 0.3) is 5.56 Å². The number of anilines is 1. The van der Waals surface area contributed by atoms with E-state index in [1.54, 1.807) is 34.7 Å². The Balaban J connectivity index is 1.77. The zero-order valence-corrected chi connectivity index (χ0v) is 14.1. The van der Waals surface area contributed by atoms with Crippen molar-refractivity contribution in [2.75, 3.05) is 11.1 Å². The molecule has 0 saturated carbocycles. The summed E-state index contributed by atoms with van der Waals surface area (Å²) in [6, 6.07) is 10.5. The molecule has 1 fully saturated rings. The third-order valence-electron chi connectivity index (χ3n) is 3.77. The predicted octanol–water partition coefficient (Wildman–Crippen LogP) is 3.38. The van der Waals surface area contributed by atoms with Crippen LogP contribution in [0.2, 0.25) is 5.02 Å². The maximum atomic E-state index is 12.2. The van der Waals surface area contributed by atoms with E-state index in [4.69, 9.17) is 11.6 Å². The lowest BCUT2D eigenvalue weighted by Gasteiger charge is -2.12. The minimum atomic E-state index is -0.127. The molecule has 2 heterocycles. The van der Waals surface area contributed by atoms with Crippen LogP contribution in [0.3, 0.4) is 0 Å². The summed E-state index contributed by atoms with van der Waals surface area (Å²) in [5.41, 5.74) is 1.37. The van der Waals surface area contributed by atoms with E-state index in [9.17, 15) is 9.59 Å². The van der Waals surface area contributed by atoms with Crippen molar-refractivity contribution in [3.05, 3.63) is 63.5 Å². The summed E-state index contributed by atoms with van der Waals surface area (Å²) >= 11 is 7.83. The van der Waals surface area contributed by atoms with E-state index < -0.39 is 0 Å².